The zero-order chi connectivity index (χ0) is 16.2. The van der Waals surface area contributed by atoms with Crippen LogP contribution in [0.2, 0.25) is 0 Å². The van der Waals surface area contributed by atoms with E-state index in [1.165, 1.54) is 0 Å². The number of alkyl carbamates (subject to hydrolysis) is 1. The highest BCUT2D eigenvalue weighted by molar-refractivity contribution is 9.10. The summed E-state index contributed by atoms with van der Waals surface area (Å²) in [5.41, 5.74) is -0.378. The van der Waals surface area contributed by atoms with Gasteiger partial charge in [-0.1, -0.05) is 28.1 Å². The average molecular weight is 360 g/mol. The molecule has 1 rings (SSSR count). The van der Waals surface area contributed by atoms with Gasteiger partial charge < -0.3 is 20.3 Å². The lowest BCUT2D eigenvalue weighted by Gasteiger charge is -2.24. The van der Waals surface area contributed by atoms with Crippen LogP contribution in [-0.2, 0) is 9.53 Å². The average Bonchev–Trinajstić information content (AvgIpc) is 2.33. The Kier molecular flexibility index (Phi) is 5.74. The third-order valence-electron chi connectivity index (χ3n) is 2.47. The molecule has 0 unspecified atom stereocenters. The standard InChI is InChI=1S/C14H18BrNO5/c1-14(2,3)21-13(20)16-10(12(18)19)11(17)8-4-6-9(15)7-5-8/h4-7,10-11,17H,1-3H3,(H,16,20)(H,18,19)/t10-,11+/m1/s1. The number of carbonyl (C=O) groups excluding carboxylic acids is 1. The highest BCUT2D eigenvalue weighted by Crippen LogP contribution is 2.20. The van der Waals surface area contributed by atoms with Crippen molar-refractivity contribution >= 4 is 28.0 Å². The Balaban J connectivity index is 2.84. The predicted molar refractivity (Wildman–Crippen MR) is 79.9 cm³/mol. The van der Waals surface area contributed by atoms with Crippen molar-refractivity contribution in [3.05, 3.63) is 34.3 Å². The number of carboxylic acids is 1. The largest absolute Gasteiger partial charge is 0.480 e. The van der Waals surface area contributed by atoms with Gasteiger partial charge in [-0.25, -0.2) is 9.59 Å². The number of aliphatic hydroxyl groups excluding tert-OH is 1. The lowest BCUT2D eigenvalue weighted by molar-refractivity contribution is -0.142. The van der Waals surface area contributed by atoms with Gasteiger partial charge in [0, 0.05) is 4.47 Å². The van der Waals surface area contributed by atoms with Gasteiger partial charge in [-0.15, -0.1) is 0 Å². The molecule has 6 nitrogen and oxygen atoms in total. The fourth-order valence-electron chi connectivity index (χ4n) is 1.56. The molecule has 2 atom stereocenters. The predicted octanol–water partition coefficient (Wildman–Crippen LogP) is 2.46. The number of aliphatic hydroxyl groups is 1. The molecule has 21 heavy (non-hydrogen) atoms. The van der Waals surface area contributed by atoms with E-state index in [1.54, 1.807) is 45.0 Å². The van der Waals surface area contributed by atoms with Crippen molar-refractivity contribution in [1.82, 2.24) is 5.32 Å². The van der Waals surface area contributed by atoms with Crippen LogP contribution < -0.4 is 5.32 Å². The van der Waals surface area contributed by atoms with Crippen molar-refractivity contribution in [1.29, 1.82) is 0 Å². The highest BCUT2D eigenvalue weighted by atomic mass is 79.9. The third-order valence-corrected chi connectivity index (χ3v) is 2.99. The van der Waals surface area contributed by atoms with Crippen LogP contribution in [0.4, 0.5) is 4.79 Å². The first-order valence-electron chi connectivity index (χ1n) is 6.26. The maximum atomic E-state index is 11.6. The topological polar surface area (TPSA) is 95.9 Å². The number of aliphatic carboxylic acids is 1. The number of rotatable bonds is 4. The van der Waals surface area contributed by atoms with Gasteiger partial charge in [0.15, 0.2) is 6.04 Å². The maximum Gasteiger partial charge on any atom is 0.408 e. The summed E-state index contributed by atoms with van der Waals surface area (Å²) in [6.07, 6.45) is -2.28. The Morgan fingerprint density at radius 3 is 2.19 bits per heavy atom. The smallest absolute Gasteiger partial charge is 0.408 e. The second-order valence-electron chi connectivity index (χ2n) is 5.46. The van der Waals surface area contributed by atoms with Crippen LogP contribution in [0.3, 0.4) is 0 Å². The van der Waals surface area contributed by atoms with Gasteiger partial charge in [0.25, 0.3) is 0 Å². The molecular weight excluding hydrogens is 342 g/mol. The summed E-state index contributed by atoms with van der Waals surface area (Å²) in [6, 6.07) is 4.99. The fourth-order valence-corrected chi connectivity index (χ4v) is 1.83. The lowest BCUT2D eigenvalue weighted by Crippen LogP contribution is -2.46. The molecule has 0 aliphatic carbocycles. The van der Waals surface area contributed by atoms with Gasteiger partial charge in [-0.05, 0) is 38.5 Å². The summed E-state index contributed by atoms with van der Waals surface area (Å²) in [7, 11) is 0. The van der Waals surface area contributed by atoms with Crippen LogP contribution in [-0.4, -0.2) is 33.9 Å². The Morgan fingerprint density at radius 1 is 1.24 bits per heavy atom. The van der Waals surface area contributed by atoms with Gasteiger partial charge in [0.2, 0.25) is 0 Å². The molecule has 1 aromatic carbocycles. The Hall–Kier alpha value is -1.60. The van der Waals surface area contributed by atoms with Gasteiger partial charge >= 0.3 is 12.1 Å². The molecule has 0 radical (unpaired) electrons. The number of hydrogen-bond donors (Lipinski definition) is 3. The lowest BCUT2D eigenvalue weighted by atomic mass is 10.0. The van der Waals surface area contributed by atoms with E-state index in [2.05, 4.69) is 21.2 Å². The zero-order valence-corrected chi connectivity index (χ0v) is 13.5. The van der Waals surface area contributed by atoms with Crippen molar-refractivity contribution in [3.8, 4) is 0 Å². The molecule has 116 valence electrons. The molecule has 0 spiro atoms. The quantitative estimate of drug-likeness (QED) is 0.767. The minimum Gasteiger partial charge on any atom is -0.480 e. The number of carboxylic acid groups (broad SMARTS) is 1. The molecular formula is C14H18BrNO5. The summed E-state index contributed by atoms with van der Waals surface area (Å²) >= 11 is 3.25. The van der Waals surface area contributed by atoms with Crippen molar-refractivity contribution in [2.75, 3.05) is 0 Å². The van der Waals surface area contributed by atoms with Crippen LogP contribution in [0.25, 0.3) is 0 Å². The molecule has 7 heteroatoms. The molecule has 0 bridgehead atoms. The van der Waals surface area contributed by atoms with E-state index >= 15 is 0 Å². The van der Waals surface area contributed by atoms with E-state index in [9.17, 15) is 14.7 Å². The highest BCUT2D eigenvalue weighted by Gasteiger charge is 2.31. The number of ether oxygens (including phenoxy) is 1. The first kappa shape index (κ1) is 17.5. The molecule has 0 aliphatic rings. The van der Waals surface area contributed by atoms with E-state index in [0.717, 1.165) is 4.47 Å². The number of amides is 1. The molecule has 0 aliphatic heterocycles. The molecule has 0 fully saturated rings. The number of hydrogen-bond acceptors (Lipinski definition) is 4. The van der Waals surface area contributed by atoms with Gasteiger partial charge in [0.1, 0.15) is 11.7 Å². The van der Waals surface area contributed by atoms with Gasteiger partial charge in [-0.2, -0.15) is 0 Å². The van der Waals surface area contributed by atoms with E-state index < -0.39 is 29.8 Å². The molecule has 0 saturated carbocycles. The number of nitrogens with one attached hydrogen (secondary N) is 1. The van der Waals surface area contributed by atoms with E-state index in [4.69, 9.17) is 9.84 Å². The Morgan fingerprint density at radius 2 is 1.76 bits per heavy atom. The summed E-state index contributed by atoms with van der Waals surface area (Å²) in [5, 5.41) is 21.5. The molecule has 3 N–H and O–H groups in total. The molecule has 1 amide bonds. The van der Waals surface area contributed by atoms with Crippen molar-refractivity contribution < 1.29 is 24.5 Å². The van der Waals surface area contributed by atoms with E-state index in [1.807, 2.05) is 0 Å². The summed E-state index contributed by atoms with van der Waals surface area (Å²) in [6.45, 7) is 4.98. The summed E-state index contributed by atoms with van der Waals surface area (Å²) < 4.78 is 5.79. The maximum absolute atomic E-state index is 11.6. The van der Waals surface area contributed by atoms with E-state index in [-0.39, 0.29) is 0 Å². The molecule has 1 aromatic rings. The second kappa shape index (κ2) is 6.91. The molecule has 0 heterocycles. The second-order valence-corrected chi connectivity index (χ2v) is 6.37. The zero-order valence-electron chi connectivity index (χ0n) is 12.0. The van der Waals surface area contributed by atoms with Crippen LogP contribution >= 0.6 is 15.9 Å². The van der Waals surface area contributed by atoms with Gasteiger partial charge in [0.05, 0.1) is 0 Å². The number of carbonyl (C=O) groups is 2. The normalized spacial score (nSPS) is 14.1. The van der Waals surface area contributed by atoms with E-state index in [0.29, 0.717) is 5.56 Å². The van der Waals surface area contributed by atoms with Crippen molar-refractivity contribution in [3.63, 3.8) is 0 Å². The fraction of sp³-hybridized carbons (Fsp3) is 0.429. The Bertz CT molecular complexity index is 509. The summed E-state index contributed by atoms with van der Waals surface area (Å²) in [4.78, 5) is 22.9. The van der Waals surface area contributed by atoms with Gasteiger partial charge in [-0.3, -0.25) is 0 Å². The number of benzene rings is 1. The first-order valence-corrected chi connectivity index (χ1v) is 7.05. The minimum absolute atomic E-state index is 0.377. The molecule has 0 saturated heterocycles. The van der Waals surface area contributed by atoms with Crippen molar-refractivity contribution in [2.45, 2.75) is 38.5 Å². The molecule has 0 aromatic heterocycles. The summed E-state index contributed by atoms with van der Waals surface area (Å²) in [5.74, 6) is -1.35. The number of halogens is 1. The van der Waals surface area contributed by atoms with Crippen molar-refractivity contribution in [2.24, 2.45) is 0 Å². The van der Waals surface area contributed by atoms with Crippen LogP contribution in [0.5, 0.6) is 0 Å². The van der Waals surface area contributed by atoms with Crippen LogP contribution in [0, 0.1) is 0 Å². The third kappa shape index (κ3) is 5.73. The first-order chi connectivity index (χ1) is 9.60. The minimum atomic E-state index is -1.50. The van der Waals surface area contributed by atoms with Crippen LogP contribution in [0.15, 0.2) is 28.7 Å². The van der Waals surface area contributed by atoms with Crippen LogP contribution in [0.1, 0.15) is 32.4 Å². The SMILES string of the molecule is CC(C)(C)OC(=O)N[C@@H](C(=O)O)[C@@H](O)c1ccc(Br)cc1. The monoisotopic (exact) mass is 359 g/mol. The Labute approximate surface area is 131 Å².